The summed E-state index contributed by atoms with van der Waals surface area (Å²) in [5.74, 6) is -0.751. The maximum Gasteiger partial charge on any atom is 0.317 e. The van der Waals surface area contributed by atoms with E-state index in [1.54, 1.807) is 32.6 Å². The topological polar surface area (TPSA) is 233 Å². The summed E-state index contributed by atoms with van der Waals surface area (Å²) in [7, 11) is 3.13. The van der Waals surface area contributed by atoms with Crippen molar-refractivity contribution in [2.24, 2.45) is 10.7 Å². The third-order valence-corrected chi connectivity index (χ3v) is 11.7. The first-order chi connectivity index (χ1) is 29.0. The van der Waals surface area contributed by atoms with Crippen LogP contribution in [0.3, 0.4) is 0 Å². The number of rotatable bonds is 11. The molecule has 10 unspecified atom stereocenters. The fraction of sp³-hybridized carbons (Fsp3) is 0.372. The van der Waals surface area contributed by atoms with Gasteiger partial charge in [0.25, 0.3) is 0 Å². The molecule has 7 N–H and O–H groups in total. The zero-order valence-corrected chi connectivity index (χ0v) is 32.5. The molecule has 0 aliphatic carbocycles. The number of carboxylic acid groups (broad SMARTS) is 1. The van der Waals surface area contributed by atoms with Gasteiger partial charge in [0, 0.05) is 54.7 Å². The molecule has 0 bridgehead atoms. The molecule has 10 atom stereocenters. The van der Waals surface area contributed by atoms with Gasteiger partial charge in [-0.05, 0) is 41.6 Å². The number of carbonyl (C=O) groups is 2. The van der Waals surface area contributed by atoms with Crippen LogP contribution in [0.1, 0.15) is 40.7 Å². The van der Waals surface area contributed by atoms with Crippen molar-refractivity contribution in [3.63, 3.8) is 0 Å². The lowest BCUT2D eigenvalue weighted by molar-refractivity contribution is -0.321. The Morgan fingerprint density at radius 3 is 2.62 bits per heavy atom. The Balaban J connectivity index is 1.12. The Hall–Kier alpha value is -6.11. The molecule has 0 saturated carbocycles. The van der Waals surface area contributed by atoms with Crippen molar-refractivity contribution in [3.8, 4) is 28.7 Å². The van der Waals surface area contributed by atoms with E-state index in [0.717, 1.165) is 33.5 Å². The highest BCUT2D eigenvalue weighted by atomic mass is 16.7. The number of nitrogens with two attached hydrogens (primary N) is 1. The SMILES string of the molecule is COc1ccc2c(c1OC)OC1c3c(CN4C=C5N=CC=C5C4)cc(OC4OC5(C=CNC(N)C5OC(=O)CC(=O)O)C(O)C(O)C4O)cc3OC(Cc3ccccc3)C21. The van der Waals surface area contributed by atoms with Crippen molar-refractivity contribution in [1.82, 2.24) is 10.2 Å². The minimum atomic E-state index is -2.08. The lowest BCUT2D eigenvalue weighted by Crippen LogP contribution is -2.74. The Bertz CT molecular complexity index is 2320. The van der Waals surface area contributed by atoms with Gasteiger partial charge < -0.3 is 69.5 Å². The van der Waals surface area contributed by atoms with Gasteiger partial charge in [0.15, 0.2) is 23.2 Å². The first-order valence-corrected chi connectivity index (χ1v) is 19.5. The van der Waals surface area contributed by atoms with Gasteiger partial charge in [0.2, 0.25) is 12.0 Å². The predicted octanol–water partition coefficient (Wildman–Crippen LogP) is 1.94. The third-order valence-electron chi connectivity index (χ3n) is 11.7. The number of nitrogens with one attached hydrogen (secondary N) is 1. The van der Waals surface area contributed by atoms with Crippen molar-refractivity contribution < 1.29 is 63.2 Å². The normalized spacial score (nSPS) is 30.4. The summed E-state index contributed by atoms with van der Waals surface area (Å²) in [6.07, 6.45) is -3.21. The van der Waals surface area contributed by atoms with Gasteiger partial charge in [-0.2, -0.15) is 0 Å². The number of ether oxygens (including phenoxy) is 7. The number of fused-ring (bicyclic) bond motifs is 6. The molecule has 17 heteroatoms. The number of allylic oxidation sites excluding steroid dienone is 1. The number of aliphatic hydroxyl groups is 3. The van der Waals surface area contributed by atoms with Crippen molar-refractivity contribution in [2.45, 2.75) is 80.0 Å². The number of methoxy groups -OCH3 is 2. The maximum absolute atomic E-state index is 12.6. The second kappa shape index (κ2) is 15.5. The number of aliphatic carboxylic acids is 1. The zero-order valence-electron chi connectivity index (χ0n) is 32.5. The van der Waals surface area contributed by atoms with E-state index >= 15 is 0 Å². The standard InChI is InChI=1S/C43H44N4O13/c1-54-27-9-8-25-33-28(14-21-6-4-3-5-7-21)57-29-16-24(15-23(19-47-18-22-10-12-45-26(22)20-47)32(29)38(33)59-36(25)37(27)55-2)56-42-35(52)34(51)39(53)43(60-42)11-13-46-41(44)40(43)58-31(50)17-30(48)49/h3-13,15-16,20,28,33-35,38-42,46,51-53H,14,17-19,44H2,1-2H3,(H,48,49). The largest absolute Gasteiger partial charge is 0.493 e. The van der Waals surface area contributed by atoms with Gasteiger partial charge in [-0.1, -0.05) is 36.4 Å². The highest BCUT2D eigenvalue weighted by molar-refractivity contribution is 5.90. The smallest absolute Gasteiger partial charge is 0.317 e. The summed E-state index contributed by atoms with van der Waals surface area (Å²) in [4.78, 5) is 30.5. The summed E-state index contributed by atoms with van der Waals surface area (Å²) in [5.41, 5.74) is 9.56. The fourth-order valence-corrected chi connectivity index (χ4v) is 8.99. The van der Waals surface area contributed by atoms with Crippen molar-refractivity contribution in [2.75, 3.05) is 20.8 Å². The molecule has 6 heterocycles. The summed E-state index contributed by atoms with van der Waals surface area (Å²) in [5, 5.41) is 46.0. The second-order valence-electron chi connectivity index (χ2n) is 15.4. The number of esters is 1. The van der Waals surface area contributed by atoms with E-state index < -0.39 is 73.0 Å². The molecular weight excluding hydrogens is 780 g/mol. The molecule has 9 rings (SSSR count). The molecule has 60 heavy (non-hydrogen) atoms. The molecule has 314 valence electrons. The minimum absolute atomic E-state index is 0.170. The van der Waals surface area contributed by atoms with E-state index in [1.165, 1.54) is 12.3 Å². The summed E-state index contributed by atoms with van der Waals surface area (Å²) < 4.78 is 43.5. The van der Waals surface area contributed by atoms with E-state index in [0.29, 0.717) is 42.5 Å². The van der Waals surface area contributed by atoms with E-state index in [4.69, 9.17) is 38.9 Å². The van der Waals surface area contributed by atoms with E-state index in [-0.39, 0.29) is 11.7 Å². The lowest BCUT2D eigenvalue weighted by atomic mass is 9.79. The number of carbonyl (C=O) groups excluding carboxylic acids is 1. The van der Waals surface area contributed by atoms with Gasteiger partial charge in [-0.25, -0.2) is 0 Å². The number of hydrogen-bond donors (Lipinski definition) is 6. The van der Waals surface area contributed by atoms with Crippen LogP contribution in [-0.4, -0.2) is 113 Å². The Morgan fingerprint density at radius 2 is 1.87 bits per heavy atom. The molecule has 6 aliphatic heterocycles. The third kappa shape index (κ3) is 6.77. The van der Waals surface area contributed by atoms with Crippen LogP contribution >= 0.6 is 0 Å². The monoisotopic (exact) mass is 824 g/mol. The number of aliphatic hydroxyl groups excluding tert-OH is 3. The first kappa shape index (κ1) is 39.4. The number of nitrogens with zero attached hydrogens (tertiary/aromatic N) is 2. The molecule has 3 aromatic carbocycles. The quantitative estimate of drug-likeness (QED) is 0.120. The van der Waals surface area contributed by atoms with Crippen LogP contribution in [0.25, 0.3) is 0 Å². The van der Waals surface area contributed by atoms with Gasteiger partial charge in [-0.3, -0.25) is 14.6 Å². The maximum atomic E-state index is 12.6. The molecular formula is C43H44N4O13. The molecule has 0 amide bonds. The fourth-order valence-electron chi connectivity index (χ4n) is 8.99. The van der Waals surface area contributed by atoms with Crippen LogP contribution in [0.2, 0.25) is 0 Å². The summed E-state index contributed by atoms with van der Waals surface area (Å²) in [6, 6.07) is 17.2. The van der Waals surface area contributed by atoms with Crippen LogP contribution < -0.4 is 34.7 Å². The number of carboxylic acids is 1. The van der Waals surface area contributed by atoms with Gasteiger partial charge in [0.05, 0.1) is 25.8 Å². The Labute approximate surface area is 343 Å². The van der Waals surface area contributed by atoms with Crippen LogP contribution in [0.15, 0.2) is 95.4 Å². The van der Waals surface area contributed by atoms with Gasteiger partial charge >= 0.3 is 11.9 Å². The highest BCUT2D eigenvalue weighted by Crippen LogP contribution is 2.59. The second-order valence-corrected chi connectivity index (χ2v) is 15.4. The van der Waals surface area contributed by atoms with Crippen LogP contribution in [-0.2, 0) is 32.0 Å². The average Bonchev–Trinajstić information content (AvgIpc) is 3.94. The average molecular weight is 825 g/mol. The molecule has 0 radical (unpaired) electrons. The molecule has 1 fully saturated rings. The summed E-state index contributed by atoms with van der Waals surface area (Å²) in [6.45, 7) is 0.947. The zero-order chi connectivity index (χ0) is 41.9. The number of benzene rings is 3. The van der Waals surface area contributed by atoms with Gasteiger partial charge in [-0.15, -0.1) is 0 Å². The molecule has 1 saturated heterocycles. The lowest BCUT2D eigenvalue weighted by Gasteiger charge is -2.52. The van der Waals surface area contributed by atoms with Gasteiger partial charge in [0.1, 0.15) is 54.6 Å². The molecule has 6 aliphatic rings. The molecule has 3 aromatic rings. The summed E-state index contributed by atoms with van der Waals surface area (Å²) >= 11 is 0. The number of hydrogen-bond acceptors (Lipinski definition) is 16. The molecule has 17 nitrogen and oxygen atoms in total. The van der Waals surface area contributed by atoms with Crippen LogP contribution in [0, 0.1) is 0 Å². The minimum Gasteiger partial charge on any atom is -0.493 e. The predicted molar refractivity (Wildman–Crippen MR) is 210 cm³/mol. The highest BCUT2D eigenvalue weighted by Gasteiger charge is 2.61. The van der Waals surface area contributed by atoms with Crippen molar-refractivity contribution in [1.29, 1.82) is 0 Å². The van der Waals surface area contributed by atoms with Crippen molar-refractivity contribution >= 4 is 18.2 Å². The van der Waals surface area contributed by atoms with E-state index in [9.17, 15) is 30.0 Å². The molecule has 1 spiro atoms. The first-order valence-electron chi connectivity index (χ1n) is 19.5. The number of aliphatic imine (C=N–C) groups is 1. The van der Waals surface area contributed by atoms with Crippen molar-refractivity contribution in [3.05, 3.63) is 113 Å². The van der Waals surface area contributed by atoms with E-state index in [1.807, 2.05) is 54.7 Å². The Morgan fingerprint density at radius 1 is 1.05 bits per heavy atom. The van der Waals surface area contributed by atoms with Crippen LogP contribution in [0.5, 0.6) is 28.7 Å². The van der Waals surface area contributed by atoms with E-state index in [2.05, 4.69) is 15.2 Å². The Kier molecular flexibility index (Phi) is 10.2. The molecule has 0 aromatic heterocycles. The van der Waals surface area contributed by atoms with Crippen LogP contribution in [0.4, 0.5) is 0 Å².